The topological polar surface area (TPSA) is 105 Å². The van der Waals surface area contributed by atoms with Gasteiger partial charge in [-0.2, -0.15) is 4.98 Å². The molecule has 0 spiro atoms. The number of carboxylic acids is 1. The standard InChI is InChI=1S/C20H23N5O4/c1-4-13-5-7-14(8-6-13)23-9-12(2)10-24-16-17(21-19(23)24)22(3)20(29)25(18(16)28)11-15(26)27/h5-8,12H,4,9-11H2,1-3H3,(H,26,27)/p-1/t12-/m0/s1. The molecule has 0 aliphatic carbocycles. The van der Waals surface area contributed by atoms with Gasteiger partial charge in [-0.15, -0.1) is 0 Å². The van der Waals surface area contributed by atoms with E-state index in [-0.39, 0.29) is 17.1 Å². The fourth-order valence-electron chi connectivity index (χ4n) is 3.90. The summed E-state index contributed by atoms with van der Waals surface area (Å²) in [7, 11) is 1.48. The van der Waals surface area contributed by atoms with Crippen molar-refractivity contribution >= 4 is 28.8 Å². The third-order valence-electron chi connectivity index (χ3n) is 5.39. The molecule has 9 heteroatoms. The molecule has 0 unspecified atom stereocenters. The van der Waals surface area contributed by atoms with Crippen LogP contribution in [0.3, 0.4) is 0 Å². The Balaban J connectivity index is 1.96. The van der Waals surface area contributed by atoms with E-state index in [0.717, 1.165) is 18.7 Å². The molecule has 0 amide bonds. The van der Waals surface area contributed by atoms with Gasteiger partial charge < -0.3 is 19.4 Å². The molecule has 0 bridgehead atoms. The van der Waals surface area contributed by atoms with Gasteiger partial charge in [0.05, 0.1) is 12.5 Å². The number of rotatable bonds is 4. The highest BCUT2D eigenvalue weighted by molar-refractivity contribution is 5.77. The molecule has 1 aromatic carbocycles. The zero-order valence-corrected chi connectivity index (χ0v) is 16.6. The van der Waals surface area contributed by atoms with Crippen LogP contribution in [-0.2, 0) is 31.4 Å². The van der Waals surface area contributed by atoms with Crippen molar-refractivity contribution in [2.45, 2.75) is 33.4 Å². The third-order valence-corrected chi connectivity index (χ3v) is 5.39. The Bertz CT molecular complexity index is 1220. The van der Waals surface area contributed by atoms with Gasteiger partial charge in [0, 0.05) is 25.8 Å². The number of carboxylic acid groups (broad SMARTS) is 1. The molecule has 0 saturated carbocycles. The van der Waals surface area contributed by atoms with E-state index in [9.17, 15) is 19.5 Å². The summed E-state index contributed by atoms with van der Waals surface area (Å²) in [6, 6.07) is 8.16. The van der Waals surface area contributed by atoms with Gasteiger partial charge >= 0.3 is 5.69 Å². The number of hydrogen-bond acceptors (Lipinski definition) is 6. The van der Waals surface area contributed by atoms with Crippen molar-refractivity contribution in [1.82, 2.24) is 18.7 Å². The van der Waals surface area contributed by atoms with Gasteiger partial charge in [-0.3, -0.25) is 13.9 Å². The van der Waals surface area contributed by atoms with Crippen LogP contribution in [0.25, 0.3) is 11.2 Å². The molecule has 4 rings (SSSR count). The molecular weight excluding hydrogens is 374 g/mol. The molecule has 152 valence electrons. The van der Waals surface area contributed by atoms with Gasteiger partial charge in [0.15, 0.2) is 11.2 Å². The molecule has 1 aliphatic rings. The van der Waals surface area contributed by atoms with E-state index < -0.39 is 23.8 Å². The van der Waals surface area contributed by atoms with E-state index in [4.69, 9.17) is 0 Å². The highest BCUT2D eigenvalue weighted by Gasteiger charge is 2.29. The van der Waals surface area contributed by atoms with Gasteiger partial charge in [0.25, 0.3) is 5.56 Å². The zero-order valence-electron chi connectivity index (χ0n) is 16.6. The van der Waals surface area contributed by atoms with Gasteiger partial charge in [-0.25, -0.2) is 4.79 Å². The number of carbonyl (C=O) groups excluding carboxylic acids is 1. The summed E-state index contributed by atoms with van der Waals surface area (Å²) < 4.78 is 3.69. The fourth-order valence-corrected chi connectivity index (χ4v) is 3.90. The van der Waals surface area contributed by atoms with Crippen LogP contribution in [0.15, 0.2) is 33.9 Å². The Labute approximate surface area is 166 Å². The van der Waals surface area contributed by atoms with Gasteiger partial charge in [0.1, 0.15) is 0 Å². The van der Waals surface area contributed by atoms with Crippen LogP contribution in [0, 0.1) is 5.92 Å². The number of fused-ring (bicyclic) bond motifs is 3. The predicted octanol–water partition coefficient (Wildman–Crippen LogP) is -0.00320. The molecule has 1 atom stereocenters. The van der Waals surface area contributed by atoms with E-state index in [1.807, 2.05) is 17.0 Å². The smallest absolute Gasteiger partial charge is 0.332 e. The largest absolute Gasteiger partial charge is 0.548 e. The number of aliphatic carboxylic acids is 1. The summed E-state index contributed by atoms with van der Waals surface area (Å²) >= 11 is 0. The van der Waals surface area contributed by atoms with Crippen molar-refractivity contribution in [3.05, 3.63) is 50.7 Å². The molecule has 2 aromatic heterocycles. The maximum atomic E-state index is 13.0. The second-order valence-corrected chi connectivity index (χ2v) is 7.54. The Kier molecular flexibility index (Phi) is 4.52. The van der Waals surface area contributed by atoms with E-state index in [1.54, 1.807) is 4.57 Å². The van der Waals surface area contributed by atoms with Crippen molar-refractivity contribution < 1.29 is 9.90 Å². The Morgan fingerprint density at radius 3 is 2.52 bits per heavy atom. The van der Waals surface area contributed by atoms with E-state index in [1.165, 1.54) is 17.2 Å². The fraction of sp³-hybridized carbons (Fsp3) is 0.400. The lowest BCUT2D eigenvalue weighted by Gasteiger charge is -2.33. The molecular formula is C20H22N5O4-. The van der Waals surface area contributed by atoms with Gasteiger partial charge in [-0.1, -0.05) is 26.0 Å². The van der Waals surface area contributed by atoms with Crippen LogP contribution in [-0.4, -0.2) is 31.2 Å². The normalized spacial score (nSPS) is 16.2. The average molecular weight is 396 g/mol. The van der Waals surface area contributed by atoms with Crippen LogP contribution in [0.5, 0.6) is 0 Å². The maximum absolute atomic E-state index is 13.0. The molecule has 0 saturated heterocycles. The van der Waals surface area contributed by atoms with Crippen LogP contribution in [0.2, 0.25) is 0 Å². The lowest BCUT2D eigenvalue weighted by atomic mass is 10.1. The summed E-state index contributed by atoms with van der Waals surface area (Å²) in [5.41, 5.74) is 1.25. The summed E-state index contributed by atoms with van der Waals surface area (Å²) in [5, 5.41) is 11.0. The average Bonchev–Trinajstić information content (AvgIpc) is 3.08. The van der Waals surface area contributed by atoms with Crippen molar-refractivity contribution in [3.63, 3.8) is 0 Å². The van der Waals surface area contributed by atoms with Crippen molar-refractivity contribution in [3.8, 4) is 0 Å². The number of nitrogens with zero attached hydrogens (tertiary/aromatic N) is 5. The summed E-state index contributed by atoms with van der Waals surface area (Å²) in [4.78, 5) is 43.2. The highest BCUT2D eigenvalue weighted by atomic mass is 16.4. The number of anilines is 2. The SMILES string of the molecule is CCc1ccc(N2C[C@H](C)Cn3c2nc2c3c(=O)n(CC(=O)[O-])c(=O)n2C)cc1. The first kappa shape index (κ1) is 19.0. The highest BCUT2D eigenvalue weighted by Crippen LogP contribution is 2.32. The first-order valence-electron chi connectivity index (χ1n) is 9.58. The molecule has 1 aliphatic heterocycles. The maximum Gasteiger partial charge on any atom is 0.332 e. The van der Waals surface area contributed by atoms with Crippen molar-refractivity contribution in [2.75, 3.05) is 11.4 Å². The number of aromatic nitrogens is 4. The van der Waals surface area contributed by atoms with Crippen LogP contribution in [0.1, 0.15) is 19.4 Å². The minimum Gasteiger partial charge on any atom is -0.548 e. The number of aryl methyl sites for hydroxylation is 2. The van der Waals surface area contributed by atoms with Crippen LogP contribution >= 0.6 is 0 Å². The number of imidazole rings is 1. The predicted molar refractivity (Wildman–Crippen MR) is 106 cm³/mol. The van der Waals surface area contributed by atoms with Gasteiger partial charge in [-0.05, 0) is 30.0 Å². The molecule has 3 heterocycles. The Hall–Kier alpha value is -3.36. The molecule has 0 radical (unpaired) electrons. The van der Waals surface area contributed by atoms with Crippen LogP contribution < -0.4 is 21.3 Å². The first-order valence-corrected chi connectivity index (χ1v) is 9.58. The molecule has 3 aromatic rings. The lowest BCUT2D eigenvalue weighted by Crippen LogP contribution is -2.44. The molecule has 9 nitrogen and oxygen atoms in total. The van der Waals surface area contributed by atoms with E-state index in [2.05, 4.69) is 31.0 Å². The van der Waals surface area contributed by atoms with Crippen molar-refractivity contribution in [2.24, 2.45) is 13.0 Å². The van der Waals surface area contributed by atoms with Crippen molar-refractivity contribution in [1.29, 1.82) is 0 Å². The van der Waals surface area contributed by atoms with E-state index >= 15 is 0 Å². The third kappa shape index (κ3) is 3.02. The number of carbonyl (C=O) groups is 1. The zero-order chi connectivity index (χ0) is 20.9. The first-order chi connectivity index (χ1) is 13.8. The van der Waals surface area contributed by atoms with E-state index in [0.29, 0.717) is 17.1 Å². The van der Waals surface area contributed by atoms with Gasteiger partial charge in [0.2, 0.25) is 5.95 Å². The summed E-state index contributed by atoms with van der Waals surface area (Å²) in [5.74, 6) is -0.703. The number of benzene rings is 1. The molecule has 29 heavy (non-hydrogen) atoms. The van der Waals surface area contributed by atoms with Crippen LogP contribution in [0.4, 0.5) is 11.6 Å². The Morgan fingerprint density at radius 1 is 1.21 bits per heavy atom. The summed E-state index contributed by atoms with van der Waals surface area (Å²) in [6.07, 6.45) is 0.940. The minimum atomic E-state index is -1.49. The second kappa shape index (κ2) is 6.91. The lowest BCUT2D eigenvalue weighted by molar-refractivity contribution is -0.306. The summed E-state index contributed by atoms with van der Waals surface area (Å²) in [6.45, 7) is 4.64. The monoisotopic (exact) mass is 396 g/mol. The second-order valence-electron chi connectivity index (χ2n) is 7.54. The minimum absolute atomic E-state index is 0.219. The number of hydrogen-bond donors (Lipinski definition) is 0. The quantitative estimate of drug-likeness (QED) is 0.615. The molecule has 0 fully saturated rings. The molecule has 0 N–H and O–H groups in total. The Morgan fingerprint density at radius 2 is 1.90 bits per heavy atom.